The third-order valence-electron chi connectivity index (χ3n) is 3.37. The molecule has 1 aliphatic carbocycles. The Kier molecular flexibility index (Phi) is 3.87. The number of benzene rings is 1. The third kappa shape index (κ3) is 3.23. The molecule has 1 aromatic rings. The van der Waals surface area contributed by atoms with Crippen LogP contribution in [0.2, 0.25) is 0 Å². The summed E-state index contributed by atoms with van der Waals surface area (Å²) in [5, 5.41) is 2.91. The molecule has 4 nitrogen and oxygen atoms in total. The molecule has 0 atom stereocenters. The van der Waals surface area contributed by atoms with Crippen LogP contribution in [0.3, 0.4) is 0 Å². The van der Waals surface area contributed by atoms with Crippen LogP contribution in [0.5, 0.6) is 0 Å². The Morgan fingerprint density at radius 1 is 1.50 bits per heavy atom. The summed E-state index contributed by atoms with van der Waals surface area (Å²) < 4.78 is 0. The summed E-state index contributed by atoms with van der Waals surface area (Å²) in [6.45, 7) is 3.52. The Labute approximate surface area is 108 Å². The van der Waals surface area contributed by atoms with Gasteiger partial charge in [0, 0.05) is 24.8 Å². The van der Waals surface area contributed by atoms with Gasteiger partial charge in [-0.15, -0.1) is 0 Å². The first-order valence-corrected chi connectivity index (χ1v) is 6.42. The van der Waals surface area contributed by atoms with Crippen molar-refractivity contribution >= 4 is 11.6 Å². The Bertz CT molecular complexity index is 441. The van der Waals surface area contributed by atoms with E-state index < -0.39 is 0 Å². The zero-order valence-electron chi connectivity index (χ0n) is 11.1. The lowest BCUT2D eigenvalue weighted by Gasteiger charge is -2.16. The minimum absolute atomic E-state index is 0.0864. The highest BCUT2D eigenvalue weighted by molar-refractivity contribution is 5.99. The number of rotatable bonds is 5. The van der Waals surface area contributed by atoms with Gasteiger partial charge < -0.3 is 16.0 Å². The van der Waals surface area contributed by atoms with Crippen molar-refractivity contribution in [2.45, 2.75) is 25.8 Å². The fourth-order valence-corrected chi connectivity index (χ4v) is 2.03. The van der Waals surface area contributed by atoms with Crippen LogP contribution >= 0.6 is 0 Å². The highest BCUT2D eigenvalue weighted by Gasteiger charge is 2.25. The van der Waals surface area contributed by atoms with E-state index in [4.69, 9.17) is 5.73 Å². The second kappa shape index (κ2) is 5.40. The molecule has 4 heteroatoms. The molecular weight excluding hydrogens is 226 g/mol. The maximum Gasteiger partial charge on any atom is 0.253 e. The van der Waals surface area contributed by atoms with Crippen LogP contribution in [0.15, 0.2) is 18.2 Å². The van der Waals surface area contributed by atoms with E-state index in [1.165, 1.54) is 12.8 Å². The molecule has 0 aliphatic heterocycles. The van der Waals surface area contributed by atoms with Crippen LogP contribution in [0.25, 0.3) is 0 Å². The van der Waals surface area contributed by atoms with E-state index in [9.17, 15) is 4.79 Å². The molecule has 0 saturated heterocycles. The van der Waals surface area contributed by atoms with Gasteiger partial charge in [0.15, 0.2) is 0 Å². The number of hydrogen-bond acceptors (Lipinski definition) is 3. The van der Waals surface area contributed by atoms with Crippen LogP contribution in [-0.2, 0) is 0 Å². The molecule has 0 aromatic heterocycles. The van der Waals surface area contributed by atoms with E-state index in [-0.39, 0.29) is 5.91 Å². The number of nitrogen functional groups attached to an aromatic ring is 1. The van der Waals surface area contributed by atoms with E-state index in [0.29, 0.717) is 17.8 Å². The predicted molar refractivity (Wildman–Crippen MR) is 73.6 cm³/mol. The molecule has 1 aliphatic rings. The second-order valence-electron chi connectivity index (χ2n) is 5.06. The predicted octanol–water partition coefficient (Wildman–Crippen LogP) is 1.40. The number of anilines is 1. The van der Waals surface area contributed by atoms with Crippen LogP contribution in [-0.4, -0.2) is 37.0 Å². The van der Waals surface area contributed by atoms with Gasteiger partial charge in [0.05, 0.1) is 5.56 Å². The minimum atomic E-state index is -0.0864. The zero-order valence-corrected chi connectivity index (χ0v) is 11.1. The zero-order chi connectivity index (χ0) is 13.1. The van der Waals surface area contributed by atoms with E-state index >= 15 is 0 Å². The molecule has 18 heavy (non-hydrogen) atoms. The van der Waals surface area contributed by atoms with Gasteiger partial charge in [-0.3, -0.25) is 4.79 Å². The first-order valence-electron chi connectivity index (χ1n) is 6.42. The number of likely N-dealkylation sites (N-methyl/N-ethyl adjacent to an activating group) is 1. The molecule has 0 bridgehead atoms. The second-order valence-corrected chi connectivity index (χ2v) is 5.06. The van der Waals surface area contributed by atoms with Gasteiger partial charge in [-0.25, -0.2) is 0 Å². The number of hydrogen-bond donors (Lipinski definition) is 2. The normalized spacial score (nSPS) is 14.8. The highest BCUT2D eigenvalue weighted by Crippen LogP contribution is 2.24. The van der Waals surface area contributed by atoms with E-state index in [0.717, 1.165) is 18.2 Å². The summed E-state index contributed by atoms with van der Waals surface area (Å²) in [7, 11) is 2.10. The van der Waals surface area contributed by atoms with E-state index in [1.807, 2.05) is 19.1 Å². The lowest BCUT2D eigenvalue weighted by atomic mass is 10.1. The molecule has 2 rings (SSSR count). The Hall–Kier alpha value is -1.55. The van der Waals surface area contributed by atoms with E-state index in [2.05, 4.69) is 17.3 Å². The van der Waals surface area contributed by atoms with Gasteiger partial charge in [-0.2, -0.15) is 0 Å². The quantitative estimate of drug-likeness (QED) is 0.773. The van der Waals surface area contributed by atoms with Crippen molar-refractivity contribution in [1.82, 2.24) is 10.2 Å². The van der Waals surface area contributed by atoms with Crippen molar-refractivity contribution in [2.24, 2.45) is 0 Å². The average molecular weight is 247 g/mol. The first kappa shape index (κ1) is 12.9. The van der Waals surface area contributed by atoms with E-state index in [1.54, 1.807) is 6.07 Å². The largest absolute Gasteiger partial charge is 0.398 e. The van der Waals surface area contributed by atoms with Crippen LogP contribution < -0.4 is 11.1 Å². The Morgan fingerprint density at radius 2 is 2.22 bits per heavy atom. The Balaban J connectivity index is 1.83. The number of aryl methyl sites for hydroxylation is 1. The van der Waals surface area contributed by atoms with Crippen molar-refractivity contribution in [3.8, 4) is 0 Å². The standard InChI is InChI=1S/C14H21N3O/c1-10-3-6-12(13(15)9-10)14(18)16-7-8-17(2)11-4-5-11/h3,6,9,11H,4-5,7-8,15H2,1-2H3,(H,16,18). The highest BCUT2D eigenvalue weighted by atomic mass is 16.1. The molecule has 0 radical (unpaired) electrons. The molecule has 1 amide bonds. The molecule has 0 heterocycles. The monoisotopic (exact) mass is 247 g/mol. The smallest absolute Gasteiger partial charge is 0.253 e. The van der Waals surface area contributed by atoms with Crippen molar-refractivity contribution in [2.75, 3.05) is 25.9 Å². The average Bonchev–Trinajstić information content (AvgIpc) is 3.12. The van der Waals surface area contributed by atoms with Crippen LogP contribution in [0.1, 0.15) is 28.8 Å². The molecule has 3 N–H and O–H groups in total. The lowest BCUT2D eigenvalue weighted by molar-refractivity contribution is 0.0950. The topological polar surface area (TPSA) is 58.4 Å². The molecule has 1 saturated carbocycles. The summed E-state index contributed by atoms with van der Waals surface area (Å²) >= 11 is 0. The SMILES string of the molecule is Cc1ccc(C(=O)NCCN(C)C2CC2)c(N)c1. The van der Waals surface area contributed by atoms with Crippen molar-refractivity contribution in [3.63, 3.8) is 0 Å². The number of nitrogens with one attached hydrogen (secondary N) is 1. The fourth-order valence-electron chi connectivity index (χ4n) is 2.03. The van der Waals surface area contributed by atoms with Gasteiger partial charge >= 0.3 is 0 Å². The number of nitrogens with two attached hydrogens (primary N) is 1. The van der Waals surface area contributed by atoms with Gasteiger partial charge in [-0.1, -0.05) is 6.07 Å². The number of carbonyl (C=O) groups excluding carboxylic acids is 1. The summed E-state index contributed by atoms with van der Waals surface area (Å²) in [6.07, 6.45) is 2.57. The van der Waals surface area contributed by atoms with Gasteiger partial charge in [0.1, 0.15) is 0 Å². The number of carbonyl (C=O) groups is 1. The Morgan fingerprint density at radius 3 is 2.83 bits per heavy atom. The fraction of sp³-hybridized carbons (Fsp3) is 0.500. The summed E-state index contributed by atoms with van der Waals surface area (Å²) in [5.41, 5.74) is 8.02. The third-order valence-corrected chi connectivity index (χ3v) is 3.37. The van der Waals surface area contributed by atoms with Crippen molar-refractivity contribution < 1.29 is 4.79 Å². The van der Waals surface area contributed by atoms with Gasteiger partial charge in [0.2, 0.25) is 0 Å². The molecule has 0 spiro atoms. The number of amides is 1. The number of nitrogens with zero attached hydrogens (tertiary/aromatic N) is 1. The molecule has 1 aromatic carbocycles. The summed E-state index contributed by atoms with van der Waals surface area (Å²) in [6, 6.07) is 6.24. The van der Waals surface area contributed by atoms with Gasteiger partial charge in [-0.05, 0) is 44.5 Å². The van der Waals surface area contributed by atoms with Crippen molar-refractivity contribution in [3.05, 3.63) is 29.3 Å². The first-order chi connectivity index (χ1) is 8.58. The molecular formula is C14H21N3O. The summed E-state index contributed by atoms with van der Waals surface area (Å²) in [4.78, 5) is 14.2. The molecule has 98 valence electrons. The summed E-state index contributed by atoms with van der Waals surface area (Å²) in [5.74, 6) is -0.0864. The van der Waals surface area contributed by atoms with Crippen LogP contribution in [0, 0.1) is 6.92 Å². The van der Waals surface area contributed by atoms with Crippen molar-refractivity contribution in [1.29, 1.82) is 0 Å². The molecule has 1 fully saturated rings. The maximum absolute atomic E-state index is 11.9. The van der Waals surface area contributed by atoms with Gasteiger partial charge in [0.25, 0.3) is 5.91 Å². The minimum Gasteiger partial charge on any atom is -0.398 e. The van der Waals surface area contributed by atoms with Crippen LogP contribution in [0.4, 0.5) is 5.69 Å². The lowest BCUT2D eigenvalue weighted by Crippen LogP contribution is -2.34. The maximum atomic E-state index is 11.9. The molecule has 0 unspecified atom stereocenters.